The van der Waals surface area contributed by atoms with Gasteiger partial charge in [0.25, 0.3) is 0 Å². The Balaban J connectivity index is 3.39. The number of halogens is 1. The van der Waals surface area contributed by atoms with Crippen LogP contribution in [0.5, 0.6) is 0 Å². The second-order valence-corrected chi connectivity index (χ2v) is 8.02. The van der Waals surface area contributed by atoms with E-state index in [-0.39, 0.29) is 12.6 Å². The van der Waals surface area contributed by atoms with Crippen LogP contribution in [0, 0.1) is 5.82 Å². The van der Waals surface area contributed by atoms with Crippen molar-refractivity contribution in [1.29, 1.82) is 0 Å². The van der Waals surface area contributed by atoms with Gasteiger partial charge in [0, 0.05) is 12.6 Å². The molecule has 9 heteroatoms. The van der Waals surface area contributed by atoms with Gasteiger partial charge in [-0.15, -0.1) is 0 Å². The first-order chi connectivity index (χ1) is 9.55. The monoisotopic (exact) mass is 338 g/mol. The highest BCUT2D eigenvalue weighted by Crippen LogP contribution is 2.24. The molecular formula is C12H19FN2O4S2. The van der Waals surface area contributed by atoms with Gasteiger partial charge in [-0.25, -0.2) is 26.4 Å². The zero-order chi connectivity index (χ0) is 16.4. The summed E-state index contributed by atoms with van der Waals surface area (Å²) in [7, 11) is -8.12. The van der Waals surface area contributed by atoms with E-state index in [1.807, 2.05) is 6.92 Å². The maximum absolute atomic E-state index is 14.0. The van der Waals surface area contributed by atoms with Crippen LogP contribution >= 0.6 is 0 Å². The Kier molecular flexibility index (Phi) is 5.48. The Hall–Kier alpha value is -1.03. The van der Waals surface area contributed by atoms with Gasteiger partial charge < -0.3 is 0 Å². The Labute approximate surface area is 124 Å². The quantitative estimate of drug-likeness (QED) is 0.845. The van der Waals surface area contributed by atoms with Crippen molar-refractivity contribution in [2.75, 3.05) is 6.54 Å². The fraction of sp³-hybridized carbons (Fsp3) is 0.500. The highest BCUT2D eigenvalue weighted by Gasteiger charge is 2.30. The molecule has 0 amide bonds. The molecule has 0 heterocycles. The summed E-state index contributed by atoms with van der Waals surface area (Å²) >= 11 is 0. The van der Waals surface area contributed by atoms with Gasteiger partial charge in [-0.1, -0.05) is 13.8 Å². The van der Waals surface area contributed by atoms with E-state index in [0.717, 1.165) is 12.1 Å². The molecule has 1 rings (SSSR count). The van der Waals surface area contributed by atoms with Crippen LogP contribution in [-0.2, 0) is 20.0 Å². The van der Waals surface area contributed by atoms with Gasteiger partial charge in [0.15, 0.2) is 0 Å². The number of sulfonamides is 2. The third-order valence-corrected chi connectivity index (χ3v) is 6.25. The van der Waals surface area contributed by atoms with E-state index in [0.29, 0.717) is 12.5 Å². The highest BCUT2D eigenvalue weighted by molar-refractivity contribution is 7.89. The first kappa shape index (κ1) is 18.0. The number of nitrogens with two attached hydrogens (primary N) is 1. The Morgan fingerprint density at radius 1 is 1.24 bits per heavy atom. The number of rotatable bonds is 6. The van der Waals surface area contributed by atoms with Crippen LogP contribution < -0.4 is 5.14 Å². The maximum atomic E-state index is 14.0. The zero-order valence-corrected chi connectivity index (χ0v) is 13.7. The molecule has 1 atom stereocenters. The zero-order valence-electron chi connectivity index (χ0n) is 12.1. The first-order valence-corrected chi connectivity index (χ1v) is 9.38. The lowest BCUT2D eigenvalue weighted by Crippen LogP contribution is -2.38. The van der Waals surface area contributed by atoms with Crippen LogP contribution in [0.4, 0.5) is 4.39 Å². The van der Waals surface area contributed by atoms with E-state index in [2.05, 4.69) is 0 Å². The molecule has 120 valence electrons. The maximum Gasteiger partial charge on any atom is 0.246 e. The minimum Gasteiger partial charge on any atom is -0.225 e. The second kappa shape index (κ2) is 6.39. The van der Waals surface area contributed by atoms with Crippen LogP contribution in [0.15, 0.2) is 28.0 Å². The van der Waals surface area contributed by atoms with Crippen molar-refractivity contribution < 1.29 is 21.2 Å². The molecule has 1 aromatic rings. The number of nitrogens with zero attached hydrogens (tertiary/aromatic N) is 1. The normalized spacial score (nSPS) is 14.4. The molecule has 0 fully saturated rings. The molecule has 0 saturated heterocycles. The van der Waals surface area contributed by atoms with Crippen molar-refractivity contribution in [3.05, 3.63) is 24.0 Å². The average Bonchev–Trinajstić information content (AvgIpc) is 2.37. The van der Waals surface area contributed by atoms with E-state index < -0.39 is 35.7 Å². The summed E-state index contributed by atoms with van der Waals surface area (Å²) in [5, 5.41) is 4.89. The van der Waals surface area contributed by atoms with Gasteiger partial charge in [-0.3, -0.25) is 0 Å². The first-order valence-electron chi connectivity index (χ1n) is 6.39. The highest BCUT2D eigenvalue weighted by atomic mass is 32.2. The molecule has 6 nitrogen and oxygen atoms in total. The Morgan fingerprint density at radius 2 is 1.81 bits per heavy atom. The van der Waals surface area contributed by atoms with Crippen molar-refractivity contribution in [2.45, 2.75) is 43.0 Å². The van der Waals surface area contributed by atoms with Crippen molar-refractivity contribution in [2.24, 2.45) is 5.14 Å². The summed E-state index contributed by atoms with van der Waals surface area (Å²) in [6.07, 6.45) is 0.573. The lowest BCUT2D eigenvalue weighted by molar-refractivity contribution is 0.340. The smallest absolute Gasteiger partial charge is 0.225 e. The average molecular weight is 338 g/mol. The van der Waals surface area contributed by atoms with Gasteiger partial charge in [0.05, 0.1) is 4.90 Å². The summed E-state index contributed by atoms with van der Waals surface area (Å²) in [4.78, 5) is -1.03. The van der Waals surface area contributed by atoms with E-state index in [9.17, 15) is 21.2 Å². The third kappa shape index (κ3) is 3.79. The van der Waals surface area contributed by atoms with Gasteiger partial charge in [-0.05, 0) is 31.5 Å². The van der Waals surface area contributed by atoms with E-state index in [1.54, 1.807) is 13.8 Å². The largest absolute Gasteiger partial charge is 0.246 e. The van der Waals surface area contributed by atoms with Crippen LogP contribution in [0.2, 0.25) is 0 Å². The van der Waals surface area contributed by atoms with Gasteiger partial charge in [0.1, 0.15) is 10.7 Å². The van der Waals surface area contributed by atoms with E-state index in [1.165, 1.54) is 4.31 Å². The van der Waals surface area contributed by atoms with Gasteiger partial charge in [-0.2, -0.15) is 4.31 Å². The summed E-state index contributed by atoms with van der Waals surface area (Å²) in [5.41, 5.74) is 0. The van der Waals surface area contributed by atoms with Gasteiger partial charge >= 0.3 is 0 Å². The standard InChI is InChI=1S/C12H19FN2O4S2/c1-4-9(3)15(5-2)21(18,19)12-7-6-10(8-11(12)13)20(14,16)17/h6-9H,4-5H2,1-3H3,(H2,14,16,17). The summed E-state index contributed by atoms with van der Waals surface area (Å²) in [5.74, 6) is -1.14. The van der Waals surface area contributed by atoms with Crippen molar-refractivity contribution in [3.8, 4) is 0 Å². The Bertz CT molecular complexity index is 717. The van der Waals surface area contributed by atoms with Crippen LogP contribution in [-0.4, -0.2) is 33.7 Å². The van der Waals surface area contributed by atoms with Crippen LogP contribution in [0.25, 0.3) is 0 Å². The lowest BCUT2D eigenvalue weighted by Gasteiger charge is -2.26. The number of hydrogen-bond donors (Lipinski definition) is 1. The molecule has 0 spiro atoms. The fourth-order valence-corrected chi connectivity index (χ4v) is 4.20. The molecule has 0 bridgehead atoms. The van der Waals surface area contributed by atoms with E-state index >= 15 is 0 Å². The summed E-state index contributed by atoms with van der Waals surface area (Å²) < 4.78 is 62.4. The summed E-state index contributed by atoms with van der Waals surface area (Å²) in [6.45, 7) is 5.38. The molecule has 1 aromatic carbocycles. The van der Waals surface area contributed by atoms with Crippen molar-refractivity contribution >= 4 is 20.0 Å². The molecule has 0 saturated carbocycles. The van der Waals surface area contributed by atoms with Crippen molar-refractivity contribution in [3.63, 3.8) is 0 Å². The molecule has 1 unspecified atom stereocenters. The summed E-state index contributed by atoms with van der Waals surface area (Å²) in [6, 6.07) is 2.23. The lowest BCUT2D eigenvalue weighted by atomic mass is 10.3. The third-order valence-electron chi connectivity index (χ3n) is 3.21. The van der Waals surface area contributed by atoms with Gasteiger partial charge in [0.2, 0.25) is 20.0 Å². The second-order valence-electron chi connectivity index (χ2n) is 4.60. The molecular weight excluding hydrogens is 319 g/mol. The fourth-order valence-electron chi connectivity index (χ4n) is 1.92. The predicted octanol–water partition coefficient (Wildman–Crippen LogP) is 1.28. The molecule has 0 radical (unpaired) electrons. The minimum atomic E-state index is -4.08. The number of primary sulfonamides is 1. The molecule has 0 aromatic heterocycles. The Morgan fingerprint density at radius 3 is 2.19 bits per heavy atom. The molecule has 0 aliphatic rings. The van der Waals surface area contributed by atoms with E-state index in [4.69, 9.17) is 5.14 Å². The molecule has 0 aliphatic heterocycles. The molecule has 0 aliphatic carbocycles. The molecule has 2 N–H and O–H groups in total. The molecule has 21 heavy (non-hydrogen) atoms. The topological polar surface area (TPSA) is 97.5 Å². The van der Waals surface area contributed by atoms with Crippen molar-refractivity contribution in [1.82, 2.24) is 4.31 Å². The predicted molar refractivity (Wildman–Crippen MR) is 77.1 cm³/mol. The van der Waals surface area contributed by atoms with Crippen LogP contribution in [0.1, 0.15) is 27.2 Å². The number of benzene rings is 1. The van der Waals surface area contributed by atoms with Crippen LogP contribution in [0.3, 0.4) is 0 Å². The SMILES string of the molecule is CCC(C)N(CC)S(=O)(=O)c1ccc(S(N)(=O)=O)cc1F. The number of hydrogen-bond acceptors (Lipinski definition) is 4. The minimum absolute atomic E-state index is 0.188.